The second-order valence-corrected chi connectivity index (χ2v) is 12.7. The van der Waals surface area contributed by atoms with Crippen molar-refractivity contribution in [1.29, 1.82) is 0 Å². The van der Waals surface area contributed by atoms with Crippen molar-refractivity contribution in [1.82, 2.24) is 19.9 Å². The van der Waals surface area contributed by atoms with E-state index in [9.17, 15) is 22.8 Å². The number of aromatic nitrogens is 1. The average Bonchev–Trinajstić information content (AvgIpc) is 3.59. The first-order chi connectivity index (χ1) is 16.8. The van der Waals surface area contributed by atoms with Crippen LogP contribution < -0.4 is 20.9 Å². The first-order valence-electron chi connectivity index (χ1n) is 11.4. The Morgan fingerprint density at radius 3 is 2.22 bits per heavy atom. The number of nitrogens with zero attached hydrogens (tertiary/aromatic N) is 1. The van der Waals surface area contributed by atoms with Crippen molar-refractivity contribution in [3.8, 4) is 0 Å². The van der Waals surface area contributed by atoms with Gasteiger partial charge in [-0.2, -0.15) is 0 Å². The molecule has 0 spiro atoms. The van der Waals surface area contributed by atoms with Gasteiger partial charge in [-0.25, -0.2) is 13.1 Å². The second kappa shape index (κ2) is 10.9. The van der Waals surface area contributed by atoms with Crippen molar-refractivity contribution in [3.63, 3.8) is 0 Å². The summed E-state index contributed by atoms with van der Waals surface area (Å²) in [5.41, 5.74) is -0.661. The number of sulfonamides is 1. The number of amides is 2. The van der Waals surface area contributed by atoms with E-state index in [-0.39, 0.29) is 36.8 Å². The molecule has 0 radical (unpaired) electrons. The minimum Gasteiger partial charge on any atom is -0.349 e. The van der Waals surface area contributed by atoms with E-state index in [0.29, 0.717) is 17.9 Å². The summed E-state index contributed by atoms with van der Waals surface area (Å²) in [7, 11) is -3.68. The average molecular weight is 558 g/mol. The number of hydrogen-bond donors (Lipinski definition) is 3. The molecule has 1 aliphatic carbocycles. The largest absolute Gasteiger partial charge is 0.349 e. The highest BCUT2D eigenvalue weighted by Gasteiger charge is 2.55. The van der Waals surface area contributed by atoms with Gasteiger partial charge in [0.25, 0.3) is 17.4 Å². The zero-order valence-corrected chi connectivity index (χ0v) is 22.7. The van der Waals surface area contributed by atoms with Crippen LogP contribution in [0, 0.1) is 0 Å². The van der Waals surface area contributed by atoms with Gasteiger partial charge in [-0.05, 0) is 63.4 Å². The maximum absolute atomic E-state index is 13.1. The Bertz CT molecular complexity index is 1300. The molecule has 0 aliphatic heterocycles. The lowest BCUT2D eigenvalue weighted by Gasteiger charge is -2.25. The smallest absolute Gasteiger partial charge is 0.268 e. The van der Waals surface area contributed by atoms with E-state index < -0.39 is 37.7 Å². The standard InChI is InChI=1S/C24H30Cl2N4O5S/c1-23(2,3)29-36(34,35)24(10-11-24)15-28-21(32)19-9-8-18(22(33)30(19)13-12-25)20(31)27-14-16-4-6-17(26)7-5-16/h4-9,29H,10-15H2,1-3H3,(H,27,31)(H,28,32). The third-order valence-corrected chi connectivity index (χ3v) is 8.71. The van der Waals surface area contributed by atoms with E-state index in [1.54, 1.807) is 45.0 Å². The van der Waals surface area contributed by atoms with Gasteiger partial charge in [-0.1, -0.05) is 23.7 Å². The Balaban J connectivity index is 1.75. The summed E-state index contributed by atoms with van der Waals surface area (Å²) < 4.78 is 28.3. The minimum atomic E-state index is -3.68. The molecule has 12 heteroatoms. The van der Waals surface area contributed by atoms with Gasteiger partial charge >= 0.3 is 0 Å². The van der Waals surface area contributed by atoms with Crippen LogP contribution >= 0.6 is 23.2 Å². The summed E-state index contributed by atoms with van der Waals surface area (Å²) in [5.74, 6) is -1.19. The van der Waals surface area contributed by atoms with Crippen LogP contribution in [0.2, 0.25) is 5.02 Å². The van der Waals surface area contributed by atoms with Gasteiger partial charge in [0.1, 0.15) is 16.0 Å². The lowest BCUT2D eigenvalue weighted by atomic mass is 10.1. The van der Waals surface area contributed by atoms with Crippen LogP contribution in [-0.4, -0.2) is 47.5 Å². The summed E-state index contributed by atoms with van der Waals surface area (Å²) >= 11 is 11.7. The molecule has 1 aromatic heterocycles. The van der Waals surface area contributed by atoms with E-state index in [1.165, 1.54) is 12.1 Å². The molecule has 2 amide bonds. The fraction of sp³-hybridized carbons (Fsp3) is 0.458. The lowest BCUT2D eigenvalue weighted by molar-refractivity contribution is 0.0929. The monoisotopic (exact) mass is 556 g/mol. The summed E-state index contributed by atoms with van der Waals surface area (Å²) in [6.45, 7) is 5.32. The Labute approximate surface area is 220 Å². The molecule has 0 atom stereocenters. The van der Waals surface area contributed by atoms with E-state index in [1.807, 2.05) is 0 Å². The van der Waals surface area contributed by atoms with Crippen molar-refractivity contribution in [2.24, 2.45) is 0 Å². The molecule has 36 heavy (non-hydrogen) atoms. The Morgan fingerprint density at radius 2 is 1.67 bits per heavy atom. The minimum absolute atomic E-state index is 0.00350. The van der Waals surface area contributed by atoms with Gasteiger partial charge in [0.15, 0.2) is 0 Å². The molecule has 0 unspecified atom stereocenters. The maximum atomic E-state index is 13.1. The van der Waals surface area contributed by atoms with Gasteiger partial charge in [0, 0.05) is 36.1 Å². The first-order valence-corrected chi connectivity index (χ1v) is 13.8. The van der Waals surface area contributed by atoms with Crippen molar-refractivity contribution in [3.05, 3.63) is 68.6 Å². The number of benzene rings is 1. The fourth-order valence-electron chi connectivity index (χ4n) is 3.66. The number of nitrogens with one attached hydrogen (secondary N) is 3. The third-order valence-electron chi connectivity index (χ3n) is 5.72. The molecular weight excluding hydrogens is 527 g/mol. The number of halogens is 2. The summed E-state index contributed by atoms with van der Waals surface area (Å²) in [6.07, 6.45) is 0.833. The van der Waals surface area contributed by atoms with E-state index >= 15 is 0 Å². The zero-order chi connectivity index (χ0) is 26.7. The van der Waals surface area contributed by atoms with Crippen LogP contribution in [0.15, 0.2) is 41.2 Å². The number of rotatable bonds is 10. The molecule has 3 N–H and O–H groups in total. The van der Waals surface area contributed by atoms with Crippen molar-refractivity contribution in [2.45, 2.75) is 57.0 Å². The molecule has 0 bridgehead atoms. The van der Waals surface area contributed by atoms with Crippen molar-refractivity contribution in [2.75, 3.05) is 12.4 Å². The second-order valence-electron chi connectivity index (χ2n) is 9.81. The number of hydrogen-bond acceptors (Lipinski definition) is 5. The zero-order valence-electron chi connectivity index (χ0n) is 20.4. The Hall–Kier alpha value is -2.40. The Kier molecular flexibility index (Phi) is 8.55. The molecule has 9 nitrogen and oxygen atoms in total. The van der Waals surface area contributed by atoms with Gasteiger partial charge < -0.3 is 15.2 Å². The number of pyridine rings is 1. The molecule has 1 aromatic carbocycles. The highest BCUT2D eigenvalue weighted by atomic mass is 35.5. The first kappa shape index (κ1) is 28.2. The van der Waals surface area contributed by atoms with Gasteiger partial charge in [-0.3, -0.25) is 14.4 Å². The van der Waals surface area contributed by atoms with E-state index in [4.69, 9.17) is 23.2 Å². The van der Waals surface area contributed by atoms with Gasteiger partial charge in [-0.15, -0.1) is 11.6 Å². The van der Waals surface area contributed by atoms with Crippen LogP contribution in [0.5, 0.6) is 0 Å². The molecule has 1 saturated carbocycles. The van der Waals surface area contributed by atoms with Crippen LogP contribution in [-0.2, 0) is 23.1 Å². The van der Waals surface area contributed by atoms with Crippen LogP contribution in [0.4, 0.5) is 0 Å². The normalized spacial score (nSPS) is 14.8. The molecule has 2 aromatic rings. The van der Waals surface area contributed by atoms with Gasteiger partial charge in [0.2, 0.25) is 10.0 Å². The number of carbonyl (C=O) groups excluding carboxylic acids is 2. The topological polar surface area (TPSA) is 126 Å². The van der Waals surface area contributed by atoms with Crippen molar-refractivity contribution >= 4 is 45.0 Å². The Morgan fingerprint density at radius 1 is 1.03 bits per heavy atom. The van der Waals surface area contributed by atoms with E-state index in [2.05, 4.69) is 15.4 Å². The number of alkyl halides is 1. The molecule has 1 fully saturated rings. The fourth-order valence-corrected chi connectivity index (χ4v) is 5.88. The third kappa shape index (κ3) is 6.67. The molecular formula is C24H30Cl2N4O5S. The molecule has 3 rings (SSSR count). The summed E-state index contributed by atoms with van der Waals surface area (Å²) in [4.78, 5) is 38.7. The molecule has 1 aliphatic rings. The summed E-state index contributed by atoms with van der Waals surface area (Å²) in [6, 6.07) is 9.55. The number of carbonyl (C=O) groups is 2. The van der Waals surface area contributed by atoms with Crippen LogP contribution in [0.25, 0.3) is 0 Å². The molecule has 196 valence electrons. The van der Waals surface area contributed by atoms with Crippen LogP contribution in [0.1, 0.15) is 60.0 Å². The highest BCUT2D eigenvalue weighted by molar-refractivity contribution is 7.91. The van der Waals surface area contributed by atoms with Crippen molar-refractivity contribution < 1.29 is 18.0 Å². The van der Waals surface area contributed by atoms with E-state index in [0.717, 1.165) is 10.1 Å². The molecule has 0 saturated heterocycles. The SMILES string of the molecule is CC(C)(C)NS(=O)(=O)C1(CNC(=O)c2ccc(C(=O)NCc3ccc(Cl)cc3)c(=O)n2CCCl)CC1. The van der Waals surface area contributed by atoms with Gasteiger partial charge in [0.05, 0.1) is 0 Å². The maximum Gasteiger partial charge on any atom is 0.268 e. The molecule has 1 heterocycles. The lowest BCUT2D eigenvalue weighted by Crippen LogP contribution is -2.50. The quantitative estimate of drug-likeness (QED) is 0.388. The highest BCUT2D eigenvalue weighted by Crippen LogP contribution is 2.43. The predicted octanol–water partition coefficient (Wildman–Crippen LogP) is 2.65. The van der Waals surface area contributed by atoms with Crippen LogP contribution in [0.3, 0.4) is 0 Å². The summed E-state index contributed by atoms with van der Waals surface area (Å²) in [5, 5.41) is 5.89. The predicted molar refractivity (Wildman–Crippen MR) is 140 cm³/mol.